The molecule has 33 heavy (non-hydrogen) atoms. The third-order valence-electron chi connectivity index (χ3n) is 5.40. The van der Waals surface area contributed by atoms with Gasteiger partial charge in [0.05, 0.1) is 12.2 Å². The maximum atomic E-state index is 13.3. The molecule has 0 saturated carbocycles. The van der Waals surface area contributed by atoms with Crippen molar-refractivity contribution >= 4 is 5.91 Å². The molecule has 2 aromatic heterocycles. The number of carbonyl (C=O) groups is 1. The first-order chi connectivity index (χ1) is 15.9. The van der Waals surface area contributed by atoms with Gasteiger partial charge in [0.1, 0.15) is 0 Å². The Morgan fingerprint density at radius 3 is 2.33 bits per heavy atom. The van der Waals surface area contributed by atoms with Gasteiger partial charge in [-0.25, -0.2) is 4.79 Å². The van der Waals surface area contributed by atoms with Crippen molar-refractivity contribution in [3.05, 3.63) is 122 Å². The zero-order valence-electron chi connectivity index (χ0n) is 18.4. The fraction of sp³-hybridized carbons (Fsp3) is 0.160. The number of rotatable bonds is 6. The lowest BCUT2D eigenvalue weighted by molar-refractivity contribution is 0.0941. The van der Waals surface area contributed by atoms with Crippen molar-refractivity contribution in [1.82, 2.24) is 24.6 Å². The lowest BCUT2D eigenvalue weighted by atomic mass is 10.1. The molecule has 1 amide bonds. The zero-order valence-corrected chi connectivity index (χ0v) is 18.4. The number of hydrogen-bond donors (Lipinski definition) is 1. The second-order valence-electron chi connectivity index (χ2n) is 7.73. The van der Waals surface area contributed by atoms with E-state index in [0.717, 1.165) is 31.5 Å². The zero-order chi connectivity index (χ0) is 23.4. The van der Waals surface area contributed by atoms with Crippen LogP contribution in [0.5, 0.6) is 0 Å². The van der Waals surface area contributed by atoms with Gasteiger partial charge in [-0.15, -0.1) is 0 Å². The van der Waals surface area contributed by atoms with Gasteiger partial charge in [0.25, 0.3) is 11.5 Å². The topological polar surface area (TPSA) is 98.9 Å². The fourth-order valence-corrected chi connectivity index (χ4v) is 3.35. The van der Waals surface area contributed by atoms with E-state index < -0.39 is 17.2 Å². The molecule has 0 spiro atoms. The van der Waals surface area contributed by atoms with Crippen LogP contribution in [-0.4, -0.2) is 25.2 Å². The highest BCUT2D eigenvalue weighted by Gasteiger charge is 2.20. The maximum absolute atomic E-state index is 13.3. The first-order valence-corrected chi connectivity index (χ1v) is 10.5. The molecule has 1 N–H and O–H groups in total. The van der Waals surface area contributed by atoms with E-state index in [2.05, 4.69) is 15.4 Å². The normalized spacial score (nSPS) is 10.7. The van der Waals surface area contributed by atoms with Gasteiger partial charge in [-0.05, 0) is 60.4 Å². The summed E-state index contributed by atoms with van der Waals surface area (Å²) in [5.74, 6) is -0.656. The minimum absolute atomic E-state index is 0.0243. The van der Waals surface area contributed by atoms with Crippen LogP contribution < -0.4 is 16.6 Å². The van der Waals surface area contributed by atoms with Gasteiger partial charge in [0.15, 0.2) is 0 Å². The van der Waals surface area contributed by atoms with Crippen molar-refractivity contribution in [3.63, 3.8) is 0 Å². The second-order valence-corrected chi connectivity index (χ2v) is 7.73. The Kier molecular flexibility index (Phi) is 6.26. The minimum atomic E-state index is -0.740. The number of nitrogens with zero attached hydrogens (tertiary/aromatic N) is 4. The molecule has 166 valence electrons. The summed E-state index contributed by atoms with van der Waals surface area (Å²) in [5, 5.41) is 6.88. The van der Waals surface area contributed by atoms with Gasteiger partial charge in [-0.1, -0.05) is 36.4 Å². The average molecular weight is 441 g/mol. The highest BCUT2D eigenvalue weighted by molar-refractivity contribution is 5.91. The number of nitrogens with one attached hydrogen (secondary N) is 1. The second kappa shape index (κ2) is 9.44. The number of aromatic nitrogens is 4. The first-order valence-electron chi connectivity index (χ1n) is 10.5. The first kappa shape index (κ1) is 21.9. The Morgan fingerprint density at radius 2 is 1.64 bits per heavy atom. The Bertz CT molecular complexity index is 1410. The molecule has 4 rings (SSSR count). The van der Waals surface area contributed by atoms with Gasteiger partial charge in [0, 0.05) is 18.9 Å². The van der Waals surface area contributed by atoms with Gasteiger partial charge in [-0.3, -0.25) is 19.1 Å². The summed E-state index contributed by atoms with van der Waals surface area (Å²) in [5.41, 5.74) is 2.38. The van der Waals surface area contributed by atoms with E-state index in [0.29, 0.717) is 5.69 Å². The number of aryl methyl sites for hydroxylation is 2. The number of pyridine rings is 1. The Morgan fingerprint density at radius 1 is 0.909 bits per heavy atom. The lowest BCUT2D eigenvalue weighted by Crippen LogP contribution is -2.46. The Hall–Kier alpha value is -4.33. The van der Waals surface area contributed by atoms with Gasteiger partial charge >= 0.3 is 5.69 Å². The van der Waals surface area contributed by atoms with E-state index in [1.54, 1.807) is 36.7 Å². The molecular formula is C25H23N5O3. The molecule has 0 bridgehead atoms. The molecule has 0 aliphatic rings. The SMILES string of the molecule is Cc1ccc(-n2nc(C(=O)NCc3ccncc3)c(=O)n(Cc3ccccc3)c2=O)cc1C. The molecule has 0 unspecified atom stereocenters. The lowest BCUT2D eigenvalue weighted by Gasteiger charge is -2.13. The average Bonchev–Trinajstić information content (AvgIpc) is 2.83. The molecule has 8 heteroatoms. The maximum Gasteiger partial charge on any atom is 0.352 e. The van der Waals surface area contributed by atoms with Crippen LogP contribution in [0, 0.1) is 13.8 Å². The largest absolute Gasteiger partial charge is 0.352 e. The van der Waals surface area contributed by atoms with Crippen molar-refractivity contribution in [2.24, 2.45) is 0 Å². The summed E-state index contributed by atoms with van der Waals surface area (Å²) < 4.78 is 2.15. The molecule has 2 aromatic carbocycles. The van der Waals surface area contributed by atoms with Crippen LogP contribution >= 0.6 is 0 Å². The standard InChI is InChI=1S/C25H23N5O3/c1-17-8-9-21(14-18(17)2)30-25(33)29(16-20-6-4-3-5-7-20)24(32)22(28-30)23(31)27-15-19-10-12-26-13-11-19/h3-14H,15-16H2,1-2H3,(H,27,31). The summed E-state index contributed by atoms with van der Waals surface area (Å²) >= 11 is 0. The molecular weight excluding hydrogens is 418 g/mol. The van der Waals surface area contributed by atoms with Crippen LogP contribution in [0.2, 0.25) is 0 Å². The van der Waals surface area contributed by atoms with Crippen molar-refractivity contribution in [2.75, 3.05) is 0 Å². The predicted octanol–water partition coefficient (Wildman–Crippen LogP) is 2.38. The highest BCUT2D eigenvalue weighted by Crippen LogP contribution is 2.12. The summed E-state index contributed by atoms with van der Waals surface area (Å²) in [4.78, 5) is 43.3. The number of benzene rings is 2. The van der Waals surface area contributed by atoms with Crippen LogP contribution in [0.3, 0.4) is 0 Å². The minimum Gasteiger partial charge on any atom is -0.346 e. The Balaban J connectivity index is 1.80. The van der Waals surface area contributed by atoms with E-state index in [9.17, 15) is 14.4 Å². The third-order valence-corrected chi connectivity index (χ3v) is 5.40. The summed E-state index contributed by atoms with van der Waals surface area (Å²) in [6.07, 6.45) is 3.24. The monoisotopic (exact) mass is 441 g/mol. The summed E-state index contributed by atoms with van der Waals surface area (Å²) in [7, 11) is 0. The third kappa shape index (κ3) is 4.79. The molecule has 0 saturated heterocycles. The number of amides is 1. The van der Waals surface area contributed by atoms with Crippen molar-refractivity contribution < 1.29 is 4.79 Å². The molecule has 4 aromatic rings. The van der Waals surface area contributed by atoms with Crippen molar-refractivity contribution in [3.8, 4) is 5.69 Å². The quantitative estimate of drug-likeness (QED) is 0.495. The van der Waals surface area contributed by atoms with E-state index >= 15 is 0 Å². The molecule has 8 nitrogen and oxygen atoms in total. The van der Waals surface area contributed by atoms with Crippen LogP contribution in [0.1, 0.15) is 32.7 Å². The summed E-state index contributed by atoms with van der Waals surface area (Å²) in [6, 6.07) is 18.1. The van der Waals surface area contributed by atoms with E-state index in [1.807, 2.05) is 50.2 Å². The van der Waals surface area contributed by atoms with Crippen molar-refractivity contribution in [2.45, 2.75) is 26.9 Å². The molecule has 0 aliphatic carbocycles. The molecule has 0 aliphatic heterocycles. The fourth-order valence-electron chi connectivity index (χ4n) is 3.35. The van der Waals surface area contributed by atoms with E-state index in [1.165, 1.54) is 0 Å². The number of hydrogen-bond acceptors (Lipinski definition) is 5. The molecule has 0 radical (unpaired) electrons. The van der Waals surface area contributed by atoms with Crippen LogP contribution in [0.15, 0.2) is 82.6 Å². The van der Waals surface area contributed by atoms with Crippen LogP contribution in [0.4, 0.5) is 0 Å². The highest BCUT2D eigenvalue weighted by atomic mass is 16.2. The smallest absolute Gasteiger partial charge is 0.346 e. The van der Waals surface area contributed by atoms with Gasteiger partial charge < -0.3 is 5.32 Å². The number of carbonyl (C=O) groups excluding carboxylic acids is 1. The molecule has 2 heterocycles. The summed E-state index contributed by atoms with van der Waals surface area (Å²) in [6.45, 7) is 4.11. The van der Waals surface area contributed by atoms with E-state index in [-0.39, 0.29) is 18.8 Å². The van der Waals surface area contributed by atoms with Gasteiger partial charge in [0.2, 0.25) is 5.69 Å². The van der Waals surface area contributed by atoms with Crippen molar-refractivity contribution in [1.29, 1.82) is 0 Å². The molecule has 0 fully saturated rings. The molecule has 0 atom stereocenters. The van der Waals surface area contributed by atoms with E-state index in [4.69, 9.17) is 0 Å². The van der Waals surface area contributed by atoms with Crippen LogP contribution in [0.25, 0.3) is 5.69 Å². The van der Waals surface area contributed by atoms with Gasteiger partial charge in [-0.2, -0.15) is 9.78 Å². The predicted molar refractivity (Wildman–Crippen MR) is 125 cm³/mol. The van der Waals surface area contributed by atoms with Crippen LogP contribution in [-0.2, 0) is 13.1 Å². The Labute approximate surface area is 190 Å².